The Labute approximate surface area is 177 Å². The number of carbonyl (C=O) groups excluding carboxylic acids is 4. The lowest BCUT2D eigenvalue weighted by atomic mass is 10.3. The molecule has 11 heteroatoms. The van der Waals surface area contributed by atoms with Gasteiger partial charge in [-0.15, -0.1) is 0 Å². The number of hydrogen-bond acceptors (Lipinski definition) is 10. The Kier molecular flexibility index (Phi) is 7.13. The van der Waals surface area contributed by atoms with E-state index in [1.807, 2.05) is 0 Å². The Hall–Kier alpha value is -3.73. The van der Waals surface area contributed by atoms with Crippen LogP contribution in [0.4, 0.5) is 0 Å². The number of benzene rings is 2. The van der Waals surface area contributed by atoms with E-state index in [1.165, 1.54) is 0 Å². The van der Waals surface area contributed by atoms with E-state index < -0.39 is 33.7 Å². The number of carbonyl (C=O) groups is 4. The molecule has 31 heavy (non-hydrogen) atoms. The van der Waals surface area contributed by atoms with E-state index in [2.05, 4.69) is 0 Å². The van der Waals surface area contributed by atoms with E-state index >= 15 is 0 Å². The molecule has 0 radical (unpaired) electrons. The quantitative estimate of drug-likeness (QED) is 0.475. The van der Waals surface area contributed by atoms with Crippen molar-refractivity contribution >= 4 is 33.7 Å². The third-order valence-electron chi connectivity index (χ3n) is 3.47. The van der Waals surface area contributed by atoms with Crippen molar-refractivity contribution in [3.05, 3.63) is 36.4 Å². The molecule has 0 N–H and O–H groups in total. The number of rotatable bonds is 6. The van der Waals surface area contributed by atoms with Crippen LogP contribution in [0, 0.1) is 0 Å². The molecule has 0 unspecified atom stereocenters. The minimum absolute atomic E-state index is 0.146. The van der Waals surface area contributed by atoms with Gasteiger partial charge in [-0.3, -0.25) is 19.2 Å². The first kappa shape index (κ1) is 23.5. The zero-order valence-electron chi connectivity index (χ0n) is 17.0. The third-order valence-corrected chi connectivity index (χ3v) is 5.21. The molecule has 164 valence electrons. The zero-order valence-corrected chi connectivity index (χ0v) is 17.8. The SMILES string of the molecule is CC(=O)Oc1ccc(S(=O)(=O)c2ccc(OC(C)=O)c(OC(C)=O)c2)cc1OC(C)=O. The highest BCUT2D eigenvalue weighted by atomic mass is 32.2. The number of ether oxygens (including phenoxy) is 4. The van der Waals surface area contributed by atoms with Crippen molar-refractivity contribution in [2.75, 3.05) is 0 Å². The van der Waals surface area contributed by atoms with Crippen molar-refractivity contribution < 1.29 is 46.5 Å². The summed E-state index contributed by atoms with van der Waals surface area (Å²) in [7, 11) is -4.21. The monoisotopic (exact) mass is 450 g/mol. The zero-order chi connectivity index (χ0) is 23.3. The van der Waals surface area contributed by atoms with Crippen molar-refractivity contribution in [2.24, 2.45) is 0 Å². The van der Waals surface area contributed by atoms with Crippen LogP contribution in [0.25, 0.3) is 0 Å². The molecule has 10 nitrogen and oxygen atoms in total. The van der Waals surface area contributed by atoms with Gasteiger partial charge in [0.25, 0.3) is 0 Å². The number of esters is 4. The minimum Gasteiger partial charge on any atom is -0.423 e. The smallest absolute Gasteiger partial charge is 0.308 e. The second-order valence-electron chi connectivity index (χ2n) is 6.10. The number of sulfone groups is 1. The molecule has 0 fully saturated rings. The largest absolute Gasteiger partial charge is 0.423 e. The van der Waals surface area contributed by atoms with Crippen LogP contribution in [-0.2, 0) is 29.0 Å². The highest BCUT2D eigenvalue weighted by Crippen LogP contribution is 2.36. The Balaban J connectivity index is 2.57. The molecule has 0 atom stereocenters. The van der Waals surface area contributed by atoms with Crippen LogP contribution in [0.5, 0.6) is 23.0 Å². The summed E-state index contributed by atoms with van der Waals surface area (Å²) in [5.41, 5.74) is 0. The van der Waals surface area contributed by atoms with Crippen LogP contribution in [0.3, 0.4) is 0 Å². The lowest BCUT2D eigenvalue weighted by molar-refractivity contribution is -0.134. The first-order chi connectivity index (χ1) is 14.4. The summed E-state index contributed by atoms with van der Waals surface area (Å²) in [5, 5.41) is 0. The Morgan fingerprint density at radius 1 is 0.548 bits per heavy atom. The second-order valence-corrected chi connectivity index (χ2v) is 8.04. The highest BCUT2D eigenvalue weighted by Gasteiger charge is 2.24. The van der Waals surface area contributed by atoms with Crippen molar-refractivity contribution in [3.63, 3.8) is 0 Å². The van der Waals surface area contributed by atoms with E-state index in [-0.39, 0.29) is 32.8 Å². The fraction of sp³-hybridized carbons (Fsp3) is 0.200. The van der Waals surface area contributed by atoms with E-state index in [0.29, 0.717) is 0 Å². The predicted molar refractivity (Wildman–Crippen MR) is 104 cm³/mol. The fourth-order valence-electron chi connectivity index (χ4n) is 2.39. The van der Waals surface area contributed by atoms with Gasteiger partial charge in [0.1, 0.15) is 0 Å². The normalized spacial score (nSPS) is 10.7. The summed E-state index contributed by atoms with van der Waals surface area (Å²) in [6.07, 6.45) is 0. The van der Waals surface area contributed by atoms with Crippen LogP contribution < -0.4 is 18.9 Å². The average molecular weight is 450 g/mol. The molecule has 0 amide bonds. The topological polar surface area (TPSA) is 139 Å². The molecule has 0 saturated heterocycles. The van der Waals surface area contributed by atoms with Crippen molar-refractivity contribution in [1.82, 2.24) is 0 Å². The van der Waals surface area contributed by atoms with Gasteiger partial charge in [-0.05, 0) is 24.3 Å². The maximum absolute atomic E-state index is 13.1. The summed E-state index contributed by atoms with van der Waals surface area (Å²) in [5.74, 6) is -3.76. The van der Waals surface area contributed by atoms with E-state index in [1.54, 1.807) is 0 Å². The lowest BCUT2D eigenvalue weighted by Gasteiger charge is -2.13. The predicted octanol–water partition coefficient (Wildman–Crippen LogP) is 2.22. The molecule has 0 aliphatic carbocycles. The van der Waals surface area contributed by atoms with Crippen LogP contribution in [0.1, 0.15) is 27.7 Å². The fourth-order valence-corrected chi connectivity index (χ4v) is 3.69. The van der Waals surface area contributed by atoms with Gasteiger partial charge in [0.2, 0.25) is 9.84 Å². The van der Waals surface area contributed by atoms with Gasteiger partial charge in [0.05, 0.1) is 9.79 Å². The molecule has 0 aromatic heterocycles. The average Bonchev–Trinajstić information content (AvgIpc) is 2.62. The molecule has 0 aliphatic heterocycles. The molecule has 2 rings (SSSR count). The third kappa shape index (κ3) is 6.12. The van der Waals surface area contributed by atoms with Gasteiger partial charge in [-0.1, -0.05) is 0 Å². The molecule has 2 aromatic carbocycles. The second kappa shape index (κ2) is 9.39. The summed E-state index contributed by atoms with van der Waals surface area (Å²) in [6, 6.07) is 6.64. The van der Waals surface area contributed by atoms with Crippen molar-refractivity contribution in [3.8, 4) is 23.0 Å². The molecule has 0 spiro atoms. The molecular formula is C20H18O10S. The van der Waals surface area contributed by atoms with Crippen LogP contribution >= 0.6 is 0 Å². The molecule has 0 aliphatic rings. The molecule has 2 aromatic rings. The summed E-state index contributed by atoms with van der Waals surface area (Å²) < 4.78 is 45.9. The summed E-state index contributed by atoms with van der Waals surface area (Å²) in [6.45, 7) is 4.45. The summed E-state index contributed by atoms with van der Waals surface area (Å²) in [4.78, 5) is 44.6. The first-order valence-electron chi connectivity index (χ1n) is 8.67. The van der Waals surface area contributed by atoms with E-state index in [4.69, 9.17) is 18.9 Å². The molecule has 0 bridgehead atoms. The Bertz CT molecular complexity index is 1080. The lowest BCUT2D eigenvalue weighted by Crippen LogP contribution is -2.10. The van der Waals surface area contributed by atoms with Gasteiger partial charge in [0.15, 0.2) is 23.0 Å². The molecule has 0 saturated carbocycles. The van der Waals surface area contributed by atoms with Crippen LogP contribution in [0.15, 0.2) is 46.2 Å². The maximum atomic E-state index is 13.1. The van der Waals surface area contributed by atoms with E-state index in [9.17, 15) is 27.6 Å². The van der Waals surface area contributed by atoms with Gasteiger partial charge < -0.3 is 18.9 Å². The Morgan fingerprint density at radius 2 is 0.839 bits per heavy atom. The van der Waals surface area contributed by atoms with Gasteiger partial charge in [0, 0.05) is 39.8 Å². The number of hydrogen-bond donors (Lipinski definition) is 0. The standard InChI is InChI=1S/C20H18O10S/c1-11(21)27-17-7-5-15(9-19(17)29-13(3)23)31(25,26)16-6-8-18(28-12(2)22)20(10-16)30-14(4)24/h5-10H,1-4H3. The minimum atomic E-state index is -4.21. The van der Waals surface area contributed by atoms with Crippen LogP contribution in [0.2, 0.25) is 0 Å². The molecule has 0 heterocycles. The van der Waals surface area contributed by atoms with E-state index in [0.717, 1.165) is 64.1 Å². The maximum Gasteiger partial charge on any atom is 0.308 e. The highest BCUT2D eigenvalue weighted by molar-refractivity contribution is 7.91. The summed E-state index contributed by atoms with van der Waals surface area (Å²) >= 11 is 0. The van der Waals surface area contributed by atoms with Gasteiger partial charge >= 0.3 is 23.9 Å². The van der Waals surface area contributed by atoms with Gasteiger partial charge in [-0.25, -0.2) is 8.42 Å². The van der Waals surface area contributed by atoms with Crippen molar-refractivity contribution in [2.45, 2.75) is 37.5 Å². The molecular weight excluding hydrogens is 432 g/mol. The first-order valence-corrected chi connectivity index (χ1v) is 10.2. The van der Waals surface area contributed by atoms with Crippen LogP contribution in [-0.4, -0.2) is 32.3 Å². The Morgan fingerprint density at radius 3 is 1.13 bits per heavy atom. The van der Waals surface area contributed by atoms with Gasteiger partial charge in [-0.2, -0.15) is 0 Å². The van der Waals surface area contributed by atoms with Crippen molar-refractivity contribution in [1.29, 1.82) is 0 Å².